The van der Waals surface area contributed by atoms with Crippen LogP contribution in [0, 0.1) is 48.5 Å². The third kappa shape index (κ3) is 23.6. The first-order valence-corrected chi connectivity index (χ1v) is 18.0. The number of hydrogen-bond donors (Lipinski definition) is 0. The van der Waals surface area contributed by atoms with Crippen LogP contribution in [0.15, 0.2) is 18.2 Å². The Morgan fingerprint density at radius 1 is 1.08 bits per heavy atom. The Bertz CT molecular complexity index is 1190. The second kappa shape index (κ2) is 29.0. The lowest BCUT2D eigenvalue weighted by atomic mass is 9.91. The van der Waals surface area contributed by atoms with Gasteiger partial charge in [-0.25, -0.2) is 0 Å². The number of nitrogens with zero attached hydrogens (tertiary/aromatic N) is 2. The highest BCUT2D eigenvalue weighted by molar-refractivity contribution is 8.64. The van der Waals surface area contributed by atoms with Crippen LogP contribution >= 0.6 is 0 Å². The predicted octanol–water partition coefficient (Wildman–Crippen LogP) is 7.68. The molecule has 0 fully saturated rings. The lowest BCUT2D eigenvalue weighted by Crippen LogP contribution is -2.26. The van der Waals surface area contributed by atoms with E-state index in [9.17, 15) is 4.79 Å². The van der Waals surface area contributed by atoms with Gasteiger partial charge in [-0.2, -0.15) is 0 Å². The van der Waals surface area contributed by atoms with Crippen LogP contribution in [0.4, 0.5) is 11.4 Å². The number of benzene rings is 1. The maximum absolute atomic E-state index is 11.9. The molecular weight excluding hydrogens is 601 g/mol. The summed E-state index contributed by atoms with van der Waals surface area (Å²) < 4.78 is 35.4. The first-order chi connectivity index (χ1) is 20.6. The van der Waals surface area contributed by atoms with Crippen molar-refractivity contribution in [3.8, 4) is 43.1 Å². The molecule has 1 rings (SSSR count). The quantitative estimate of drug-likeness (QED) is 0.147. The number of ether oxygens (including phenoxy) is 1. The summed E-state index contributed by atoms with van der Waals surface area (Å²) in [5.74, 6) is 8.52. The van der Waals surface area contributed by atoms with Crippen LogP contribution < -0.4 is 4.90 Å². The number of carbonyl (C=O) groups excluding carboxylic acids is 1. The van der Waals surface area contributed by atoms with Gasteiger partial charge in [0.05, 0.1) is 12.0 Å². The second-order valence-corrected chi connectivity index (χ2v) is 15.3. The van der Waals surface area contributed by atoms with E-state index in [-0.39, 0.29) is 26.2 Å². The predicted molar refractivity (Wildman–Crippen MR) is 195 cm³/mol. The largest absolute Gasteiger partial charge is 0.465 e. The van der Waals surface area contributed by atoms with Gasteiger partial charge in [0, 0.05) is 98.7 Å². The van der Waals surface area contributed by atoms with E-state index in [0.29, 0.717) is 6.61 Å². The Balaban J connectivity index is -0.000000120. The van der Waals surface area contributed by atoms with Crippen molar-refractivity contribution in [1.82, 2.24) is 0 Å². The molecule has 0 aliphatic carbocycles. The molecule has 0 atom stereocenters. The number of hydrogen-bond acceptors (Lipinski definition) is 5. The number of anilines is 1. The van der Waals surface area contributed by atoms with Gasteiger partial charge in [0.25, 0.3) is 6.57 Å². The van der Waals surface area contributed by atoms with E-state index in [4.69, 9.17) is 33.1 Å². The summed E-state index contributed by atoms with van der Waals surface area (Å²) >= 11 is 9.03. The molecule has 0 bridgehead atoms. The third-order valence-corrected chi connectivity index (χ3v) is 11.7. The number of terminal acetylenes is 2. The van der Waals surface area contributed by atoms with E-state index < -0.39 is 0 Å². The Morgan fingerprint density at radius 3 is 2.05 bits per heavy atom. The molecule has 0 aromatic heterocycles. The van der Waals surface area contributed by atoms with Crippen LogP contribution in [0.3, 0.4) is 0 Å². The Hall–Kier alpha value is -2.02. The van der Waals surface area contributed by atoms with Gasteiger partial charge in [-0.05, 0) is 79.7 Å². The molecule has 0 unspecified atom stereocenters. The maximum atomic E-state index is 11.9. The zero-order valence-corrected chi connectivity index (χ0v) is 27.0. The molecule has 0 N–H and O–H groups in total. The van der Waals surface area contributed by atoms with Crippen molar-refractivity contribution in [1.29, 1.82) is 0 Å². The van der Waals surface area contributed by atoms with Gasteiger partial charge in [0.2, 0.25) is 0 Å². The molecule has 222 valence electrons. The summed E-state index contributed by atoms with van der Waals surface area (Å²) in [5.41, 5.74) is 2.92. The lowest BCUT2D eigenvalue weighted by Gasteiger charge is -2.20. The minimum atomic E-state index is -0.373. The first kappa shape index (κ1) is 37.0. The summed E-state index contributed by atoms with van der Waals surface area (Å²) in [4.78, 5) is 17.8. The number of aryl methyl sites for hydroxylation is 1. The Labute approximate surface area is 269 Å². The molecule has 39 heavy (non-hydrogen) atoms. The van der Waals surface area contributed by atoms with E-state index in [1.165, 1.54) is 46.8 Å². The molecule has 0 amide bonds. The minimum absolute atomic E-state index is 0. The van der Waals surface area contributed by atoms with E-state index in [0.717, 1.165) is 44.2 Å². The van der Waals surface area contributed by atoms with Gasteiger partial charge in [0.15, 0.2) is 0 Å². The molecule has 0 saturated heterocycles. The molecule has 0 spiro atoms. The SMILES string of the molecule is C.C.C#CC#CC#C.C#[N+]c1ccc(N(C)C)c(CCCCCCOC(=O)C(C)(C)CC)c1.S=S=S=S=S=S.[2H][2H].[2H][2H].[2H][2H]. The number of rotatable bonds is 10. The maximum Gasteiger partial charge on any atom is 0.340 e. The van der Waals surface area contributed by atoms with E-state index in [2.05, 4.69) is 67.9 Å². The van der Waals surface area contributed by atoms with Crippen LogP contribution in [-0.2, 0) is 73.9 Å². The average Bonchev–Trinajstić information content (AvgIpc) is 3.05. The fourth-order valence-corrected chi connectivity index (χ4v) is 8.15. The monoisotopic (exact) mass is 655 g/mol. The smallest absolute Gasteiger partial charge is 0.340 e. The highest BCUT2D eigenvalue weighted by Gasteiger charge is 2.26. The van der Waals surface area contributed by atoms with Crippen LogP contribution in [0.1, 0.15) is 82.2 Å². The minimum Gasteiger partial charge on any atom is -0.465 e. The second-order valence-electron chi connectivity index (χ2n) is 8.18. The molecule has 1 aromatic carbocycles. The van der Waals surface area contributed by atoms with E-state index in [1.807, 2.05) is 40.9 Å². The summed E-state index contributed by atoms with van der Waals surface area (Å²) in [6.45, 7) is 11.8. The van der Waals surface area contributed by atoms with Gasteiger partial charge in [-0.1, -0.05) is 34.6 Å². The van der Waals surface area contributed by atoms with Gasteiger partial charge < -0.3 is 9.64 Å². The highest BCUT2D eigenvalue weighted by atomic mass is 33.3. The zero-order chi connectivity index (χ0) is 34.5. The summed E-state index contributed by atoms with van der Waals surface area (Å²) in [6.07, 6.45) is 15.4. The fourth-order valence-electron chi connectivity index (χ4n) is 2.66. The molecule has 4 nitrogen and oxygen atoms in total. The lowest BCUT2D eigenvalue weighted by molar-refractivity contribution is -0.154. The highest BCUT2D eigenvalue weighted by Crippen LogP contribution is 2.26. The molecule has 1 aromatic rings. The van der Waals surface area contributed by atoms with Crippen LogP contribution in [0.5, 0.6) is 0 Å². The third-order valence-electron chi connectivity index (χ3n) is 4.99. The molecule has 0 saturated carbocycles. The van der Waals surface area contributed by atoms with Crippen molar-refractivity contribution in [3.63, 3.8) is 0 Å². The van der Waals surface area contributed by atoms with Crippen molar-refractivity contribution < 1.29 is 18.4 Å². The Morgan fingerprint density at radius 2 is 1.62 bits per heavy atom. The number of carbonyl (C=O) groups is 1. The van der Waals surface area contributed by atoms with Gasteiger partial charge in [0.1, 0.15) is 0 Å². The van der Waals surface area contributed by atoms with Gasteiger partial charge in [-0.3, -0.25) is 4.79 Å². The topological polar surface area (TPSA) is 33.9 Å². The van der Waals surface area contributed by atoms with E-state index in [1.54, 1.807) is 0 Å². The van der Waals surface area contributed by atoms with Crippen molar-refractivity contribution in [2.24, 2.45) is 5.41 Å². The van der Waals surface area contributed by atoms with Crippen molar-refractivity contribution in [2.45, 2.75) is 74.1 Å². The van der Waals surface area contributed by atoms with Crippen molar-refractivity contribution in [2.75, 3.05) is 25.6 Å². The number of esters is 1. The van der Waals surface area contributed by atoms with Crippen LogP contribution in [0.25, 0.3) is 4.85 Å². The number of unbranched alkanes of at least 4 members (excludes halogenated alkanes) is 3. The fraction of sp³-hybridized carbons (Fsp3) is 0.517. The van der Waals surface area contributed by atoms with Crippen LogP contribution in [0.2, 0.25) is 0 Å². The summed E-state index contributed by atoms with van der Waals surface area (Å²) in [5, 5.41) is 0. The molecule has 0 heterocycles. The Kier molecular flexibility index (Phi) is 27.5. The zero-order valence-electron chi connectivity index (χ0n) is 28.1. The average molecular weight is 656 g/mol. The summed E-state index contributed by atoms with van der Waals surface area (Å²) in [7, 11) is 9.73. The molecule has 0 aliphatic rings. The molecule has 10 heteroatoms. The normalized spacial score (nSPS) is 9.08. The van der Waals surface area contributed by atoms with E-state index >= 15 is 0 Å². The standard InChI is InChI=1S/C21H33N2O2.C6H2.2CH4.S6.3H2/c1-7-21(2,3)20(24)25-15-11-9-8-10-12-17-16-18(22-4)13-14-19(17)23(5)6;1-3-5-6-4-2;;;1-3-5-6-4-2;;;/h4,13-14,16H,7-12,15H2,1-3,5-6H3;1-2H;2*1H4;;3*1H/q+1;;;;;;;/i;;;;;3*1+1D. The van der Waals surface area contributed by atoms with Crippen LogP contribution in [-0.4, -0.2) is 26.7 Å². The molecule has 0 aliphatic heterocycles. The molecular formula is C29H49N2O2S6+. The first-order valence-electron chi connectivity index (χ1n) is 14.4. The van der Waals surface area contributed by atoms with Crippen molar-refractivity contribution >= 4 is 75.2 Å². The summed E-state index contributed by atoms with van der Waals surface area (Å²) in [6, 6.07) is 6.06. The molecule has 0 radical (unpaired) electrons. The van der Waals surface area contributed by atoms with Gasteiger partial charge >= 0.3 is 11.7 Å². The van der Waals surface area contributed by atoms with Crippen molar-refractivity contribution in [3.05, 3.63) is 28.6 Å². The van der Waals surface area contributed by atoms with Gasteiger partial charge in [-0.15, -0.1) is 12.8 Å².